The van der Waals surface area contributed by atoms with E-state index in [1.54, 1.807) is 18.3 Å². The molecule has 0 aliphatic heterocycles. The number of nitrogens with one attached hydrogen (secondary N) is 2. The van der Waals surface area contributed by atoms with E-state index in [4.69, 9.17) is 4.74 Å². The lowest BCUT2D eigenvalue weighted by Gasteiger charge is -2.23. The topological polar surface area (TPSA) is 58.5 Å². The van der Waals surface area contributed by atoms with Gasteiger partial charge in [-0.15, -0.1) is 24.0 Å². The quantitative estimate of drug-likeness (QED) is 0.383. The standard InChI is InChI=1S/C19H25FN4O.HI/c1-5-21-18(24-19(2,3)4)23-13-14-8-7-11-22-17(14)25-16-10-6-9-15(20)12-16;/h6-12H,5,13H2,1-4H3,(H2,21,23,24);1H. The molecule has 1 aromatic carbocycles. The van der Waals surface area contributed by atoms with Crippen molar-refractivity contribution >= 4 is 29.9 Å². The van der Waals surface area contributed by atoms with E-state index in [2.05, 4.69) is 41.4 Å². The summed E-state index contributed by atoms with van der Waals surface area (Å²) in [5.41, 5.74) is 0.717. The van der Waals surface area contributed by atoms with Crippen LogP contribution in [-0.4, -0.2) is 23.0 Å². The predicted molar refractivity (Wildman–Crippen MR) is 114 cm³/mol. The van der Waals surface area contributed by atoms with E-state index in [9.17, 15) is 4.39 Å². The molecule has 2 N–H and O–H groups in total. The summed E-state index contributed by atoms with van der Waals surface area (Å²) in [7, 11) is 0. The highest BCUT2D eigenvalue weighted by Crippen LogP contribution is 2.23. The molecule has 0 aliphatic rings. The summed E-state index contributed by atoms with van der Waals surface area (Å²) in [5.74, 6) is 1.19. The molecule has 1 aromatic heterocycles. The first kappa shape index (κ1) is 22.1. The van der Waals surface area contributed by atoms with E-state index in [1.165, 1.54) is 12.1 Å². The Bertz CT molecular complexity index is 731. The monoisotopic (exact) mass is 472 g/mol. The molecule has 5 nitrogen and oxygen atoms in total. The molecule has 142 valence electrons. The second-order valence-electron chi connectivity index (χ2n) is 6.60. The summed E-state index contributed by atoms with van der Waals surface area (Å²) in [6, 6.07) is 9.71. The van der Waals surface area contributed by atoms with Gasteiger partial charge in [0.15, 0.2) is 5.96 Å². The van der Waals surface area contributed by atoms with Crippen molar-refractivity contribution in [3.8, 4) is 11.6 Å². The molecule has 26 heavy (non-hydrogen) atoms. The smallest absolute Gasteiger partial charge is 0.224 e. The third-order valence-corrected chi connectivity index (χ3v) is 3.11. The zero-order valence-corrected chi connectivity index (χ0v) is 17.9. The minimum absolute atomic E-state index is 0. The summed E-state index contributed by atoms with van der Waals surface area (Å²) in [6.07, 6.45) is 1.64. The minimum Gasteiger partial charge on any atom is -0.439 e. The Morgan fingerprint density at radius 3 is 2.65 bits per heavy atom. The average molecular weight is 472 g/mol. The van der Waals surface area contributed by atoms with Crippen LogP contribution in [0.25, 0.3) is 0 Å². The number of rotatable bonds is 5. The van der Waals surface area contributed by atoms with Gasteiger partial charge in [-0.1, -0.05) is 12.1 Å². The van der Waals surface area contributed by atoms with Crippen LogP contribution in [0.15, 0.2) is 47.6 Å². The normalized spacial score (nSPS) is 11.5. The van der Waals surface area contributed by atoms with Gasteiger partial charge in [0, 0.05) is 29.9 Å². The van der Waals surface area contributed by atoms with Crippen LogP contribution < -0.4 is 15.4 Å². The molecule has 2 aromatic rings. The Morgan fingerprint density at radius 2 is 2.00 bits per heavy atom. The zero-order valence-electron chi connectivity index (χ0n) is 15.5. The summed E-state index contributed by atoms with van der Waals surface area (Å²) in [5, 5.41) is 6.55. The number of aromatic nitrogens is 1. The van der Waals surface area contributed by atoms with Crippen molar-refractivity contribution in [3.63, 3.8) is 0 Å². The van der Waals surface area contributed by atoms with Gasteiger partial charge in [-0.05, 0) is 45.9 Å². The van der Waals surface area contributed by atoms with E-state index in [1.807, 2.05) is 19.1 Å². The second kappa shape index (κ2) is 10.3. The van der Waals surface area contributed by atoms with Gasteiger partial charge in [0.2, 0.25) is 5.88 Å². The van der Waals surface area contributed by atoms with Crippen LogP contribution in [0.5, 0.6) is 11.6 Å². The molecular weight excluding hydrogens is 446 g/mol. The van der Waals surface area contributed by atoms with Gasteiger partial charge in [0.1, 0.15) is 11.6 Å². The number of ether oxygens (including phenoxy) is 1. The van der Waals surface area contributed by atoms with Crippen LogP contribution in [0.3, 0.4) is 0 Å². The van der Waals surface area contributed by atoms with Crippen LogP contribution in [-0.2, 0) is 6.54 Å². The van der Waals surface area contributed by atoms with Crippen molar-refractivity contribution in [3.05, 3.63) is 54.0 Å². The Balaban J connectivity index is 0.00000338. The molecular formula is C19H26FIN4O. The molecule has 0 saturated carbocycles. The SMILES string of the molecule is CCNC(=NCc1cccnc1Oc1cccc(F)c1)NC(C)(C)C.I. The molecule has 7 heteroatoms. The lowest BCUT2D eigenvalue weighted by atomic mass is 10.1. The molecule has 0 bridgehead atoms. The van der Waals surface area contributed by atoms with Gasteiger partial charge in [-0.2, -0.15) is 0 Å². The summed E-state index contributed by atoms with van der Waals surface area (Å²) in [6.45, 7) is 9.39. The number of hydrogen-bond acceptors (Lipinski definition) is 3. The maximum atomic E-state index is 13.3. The first-order valence-corrected chi connectivity index (χ1v) is 8.31. The van der Waals surface area contributed by atoms with E-state index in [-0.39, 0.29) is 35.3 Å². The van der Waals surface area contributed by atoms with Crippen LogP contribution in [0.1, 0.15) is 33.3 Å². The highest BCUT2D eigenvalue weighted by atomic mass is 127. The maximum Gasteiger partial charge on any atom is 0.224 e. The molecule has 1 heterocycles. The van der Waals surface area contributed by atoms with Gasteiger partial charge < -0.3 is 15.4 Å². The summed E-state index contributed by atoms with van der Waals surface area (Å²) in [4.78, 5) is 8.84. The van der Waals surface area contributed by atoms with E-state index in [0.29, 0.717) is 18.2 Å². The number of benzene rings is 1. The third-order valence-electron chi connectivity index (χ3n) is 3.11. The molecule has 0 amide bonds. The Morgan fingerprint density at radius 1 is 1.23 bits per heavy atom. The highest BCUT2D eigenvalue weighted by Gasteiger charge is 2.12. The van der Waals surface area contributed by atoms with Crippen molar-refractivity contribution < 1.29 is 9.13 Å². The fraction of sp³-hybridized carbons (Fsp3) is 0.368. The number of guanidine groups is 1. The minimum atomic E-state index is -0.350. The Labute approximate surface area is 171 Å². The number of pyridine rings is 1. The molecule has 0 saturated heterocycles. The fourth-order valence-electron chi connectivity index (χ4n) is 2.10. The first-order valence-electron chi connectivity index (χ1n) is 8.31. The Hall–Kier alpha value is -1.90. The first-order chi connectivity index (χ1) is 11.9. The summed E-state index contributed by atoms with van der Waals surface area (Å²) >= 11 is 0. The van der Waals surface area contributed by atoms with Crippen LogP contribution >= 0.6 is 24.0 Å². The molecule has 2 rings (SSSR count). The number of aliphatic imine (C=N–C) groups is 1. The maximum absolute atomic E-state index is 13.3. The van der Waals surface area contributed by atoms with Crippen LogP contribution in [0, 0.1) is 5.82 Å². The molecule has 0 spiro atoms. The van der Waals surface area contributed by atoms with Crippen molar-refractivity contribution in [2.75, 3.05) is 6.54 Å². The lowest BCUT2D eigenvalue weighted by Crippen LogP contribution is -2.47. The highest BCUT2D eigenvalue weighted by molar-refractivity contribution is 14.0. The predicted octanol–water partition coefficient (Wildman–Crippen LogP) is 4.48. The van der Waals surface area contributed by atoms with E-state index >= 15 is 0 Å². The zero-order chi connectivity index (χ0) is 18.3. The average Bonchev–Trinajstić information content (AvgIpc) is 2.53. The number of halogens is 2. The van der Waals surface area contributed by atoms with E-state index < -0.39 is 0 Å². The van der Waals surface area contributed by atoms with Gasteiger partial charge in [-0.25, -0.2) is 14.4 Å². The molecule has 0 unspecified atom stereocenters. The Kier molecular flexibility index (Phi) is 8.77. The van der Waals surface area contributed by atoms with Gasteiger partial charge in [0.05, 0.1) is 6.54 Å². The van der Waals surface area contributed by atoms with Crippen LogP contribution in [0.4, 0.5) is 4.39 Å². The summed E-state index contributed by atoms with van der Waals surface area (Å²) < 4.78 is 19.1. The van der Waals surface area contributed by atoms with Crippen molar-refractivity contribution in [1.82, 2.24) is 15.6 Å². The van der Waals surface area contributed by atoms with E-state index in [0.717, 1.165) is 18.1 Å². The largest absolute Gasteiger partial charge is 0.439 e. The second-order valence-corrected chi connectivity index (χ2v) is 6.60. The lowest BCUT2D eigenvalue weighted by molar-refractivity contribution is 0.451. The van der Waals surface area contributed by atoms with Crippen molar-refractivity contribution in [2.24, 2.45) is 4.99 Å². The van der Waals surface area contributed by atoms with Gasteiger partial charge in [-0.3, -0.25) is 0 Å². The van der Waals surface area contributed by atoms with Crippen molar-refractivity contribution in [2.45, 2.75) is 39.8 Å². The molecule has 0 radical (unpaired) electrons. The third kappa shape index (κ3) is 7.55. The molecule has 0 atom stereocenters. The van der Waals surface area contributed by atoms with Crippen LogP contribution in [0.2, 0.25) is 0 Å². The van der Waals surface area contributed by atoms with Gasteiger partial charge in [0.25, 0.3) is 0 Å². The van der Waals surface area contributed by atoms with Crippen molar-refractivity contribution in [1.29, 1.82) is 0 Å². The molecule has 0 aliphatic carbocycles. The number of nitrogens with zero attached hydrogens (tertiary/aromatic N) is 2. The fourth-order valence-corrected chi connectivity index (χ4v) is 2.10. The van der Waals surface area contributed by atoms with Gasteiger partial charge >= 0.3 is 0 Å². The number of hydrogen-bond donors (Lipinski definition) is 2. The molecule has 0 fully saturated rings.